The second-order valence-electron chi connectivity index (χ2n) is 8.41. The van der Waals surface area contributed by atoms with Gasteiger partial charge in [-0.2, -0.15) is 0 Å². The van der Waals surface area contributed by atoms with Crippen LogP contribution in [0, 0.1) is 0 Å². The third-order valence-electron chi connectivity index (χ3n) is 5.94. The Morgan fingerprint density at radius 3 is 2.08 bits per heavy atom. The summed E-state index contributed by atoms with van der Waals surface area (Å²) in [4.78, 5) is 13.1. The predicted octanol–water partition coefficient (Wildman–Crippen LogP) is 4.90. The number of carbonyl (C=O) groups is 1. The number of amides is 1. The number of hydrogen-bond acceptors (Lipinski definition) is 7. The van der Waals surface area contributed by atoms with Gasteiger partial charge in [0.1, 0.15) is 18.0 Å². The molecule has 0 spiro atoms. The Bertz CT molecular complexity index is 1340. The number of carbonyl (C=O) groups excluding carboxylic acids is 1. The van der Waals surface area contributed by atoms with Crippen molar-refractivity contribution in [2.24, 2.45) is 0 Å². The molecule has 1 amide bonds. The largest absolute Gasteiger partial charge is 0.497 e. The lowest BCUT2D eigenvalue weighted by atomic mass is 10.1. The van der Waals surface area contributed by atoms with Crippen LogP contribution in [-0.2, 0) is 21.2 Å². The van der Waals surface area contributed by atoms with Gasteiger partial charge in [-0.15, -0.1) is 0 Å². The molecule has 3 rings (SSSR count). The van der Waals surface area contributed by atoms with E-state index in [2.05, 4.69) is 12.2 Å². The van der Waals surface area contributed by atoms with Crippen molar-refractivity contribution in [3.05, 3.63) is 66.2 Å². The molecule has 0 aliphatic rings. The number of sulfonamides is 1. The van der Waals surface area contributed by atoms with Crippen molar-refractivity contribution in [2.75, 3.05) is 44.6 Å². The van der Waals surface area contributed by atoms with Crippen LogP contribution < -0.4 is 28.6 Å². The lowest BCUT2D eigenvalue weighted by Gasteiger charge is -2.26. The Morgan fingerprint density at radius 1 is 0.816 bits per heavy atom. The minimum absolute atomic E-state index is 0.0897. The van der Waals surface area contributed by atoms with Gasteiger partial charge in [0.25, 0.3) is 10.0 Å². The van der Waals surface area contributed by atoms with Gasteiger partial charge in [-0.3, -0.25) is 9.10 Å². The van der Waals surface area contributed by atoms with E-state index in [9.17, 15) is 13.2 Å². The molecule has 0 saturated carbocycles. The van der Waals surface area contributed by atoms with Gasteiger partial charge in [-0.1, -0.05) is 25.5 Å². The first-order chi connectivity index (χ1) is 18.3. The van der Waals surface area contributed by atoms with Gasteiger partial charge in [0.15, 0.2) is 11.5 Å². The Morgan fingerprint density at radius 2 is 1.47 bits per heavy atom. The zero-order chi connectivity index (χ0) is 27.7. The fourth-order valence-corrected chi connectivity index (χ4v) is 5.30. The maximum atomic E-state index is 14.0. The molecule has 38 heavy (non-hydrogen) atoms. The number of rotatable bonds is 13. The average molecular weight is 543 g/mol. The van der Waals surface area contributed by atoms with E-state index >= 15 is 0 Å². The molecule has 3 aromatic carbocycles. The third kappa shape index (κ3) is 6.69. The van der Waals surface area contributed by atoms with E-state index in [0.717, 1.165) is 23.6 Å². The quantitative estimate of drug-likeness (QED) is 0.328. The highest BCUT2D eigenvalue weighted by Crippen LogP contribution is 2.37. The van der Waals surface area contributed by atoms with Gasteiger partial charge in [0.05, 0.1) is 39.0 Å². The van der Waals surface area contributed by atoms with E-state index in [1.54, 1.807) is 12.1 Å². The van der Waals surface area contributed by atoms with Crippen molar-refractivity contribution < 1.29 is 32.2 Å². The maximum absolute atomic E-state index is 14.0. The van der Waals surface area contributed by atoms with Crippen molar-refractivity contribution in [1.82, 2.24) is 0 Å². The highest BCUT2D eigenvalue weighted by atomic mass is 32.2. The Kier molecular flexibility index (Phi) is 9.84. The smallest absolute Gasteiger partial charge is 0.265 e. The molecule has 0 saturated heterocycles. The summed E-state index contributed by atoms with van der Waals surface area (Å²) < 4.78 is 50.2. The monoisotopic (exact) mass is 542 g/mol. The van der Waals surface area contributed by atoms with E-state index < -0.39 is 22.5 Å². The van der Waals surface area contributed by atoms with Crippen LogP contribution in [0.2, 0.25) is 0 Å². The van der Waals surface area contributed by atoms with Crippen molar-refractivity contribution in [2.45, 2.75) is 31.1 Å². The standard InChI is InChI=1S/C28H34N2O7S/c1-6-7-8-20-9-11-21(12-10-20)29-28(31)19-30(24-17-22(34-2)13-15-25(24)35-3)38(32,33)23-14-16-26(36-4)27(18-23)37-5/h9-18H,6-8,19H2,1-5H3,(H,29,31). The molecule has 0 heterocycles. The second-order valence-corrected chi connectivity index (χ2v) is 10.3. The molecule has 9 nitrogen and oxygen atoms in total. The van der Waals surface area contributed by atoms with Gasteiger partial charge in [-0.05, 0) is 54.8 Å². The molecular formula is C28H34N2O7S. The summed E-state index contributed by atoms with van der Waals surface area (Å²) >= 11 is 0. The normalized spacial score (nSPS) is 11.0. The number of benzene rings is 3. The number of aryl methyl sites for hydroxylation is 1. The molecule has 0 unspecified atom stereocenters. The van der Waals surface area contributed by atoms with E-state index in [0.29, 0.717) is 17.2 Å². The summed E-state index contributed by atoms with van der Waals surface area (Å²) in [6, 6.07) is 16.5. The molecule has 0 fully saturated rings. The zero-order valence-electron chi connectivity index (χ0n) is 22.3. The Labute approximate surface area is 224 Å². The fourth-order valence-electron chi connectivity index (χ4n) is 3.86. The first-order valence-corrected chi connectivity index (χ1v) is 13.6. The van der Waals surface area contributed by atoms with Gasteiger partial charge >= 0.3 is 0 Å². The SMILES string of the molecule is CCCCc1ccc(NC(=O)CN(c2cc(OC)ccc2OC)S(=O)(=O)c2ccc(OC)c(OC)c2)cc1. The summed E-state index contributed by atoms with van der Waals surface area (Å²) in [5, 5.41) is 2.79. The first kappa shape index (κ1) is 28.6. The Hall–Kier alpha value is -3.92. The number of anilines is 2. The van der Waals surface area contributed by atoms with Gasteiger partial charge in [0, 0.05) is 17.8 Å². The minimum Gasteiger partial charge on any atom is -0.497 e. The molecule has 3 aromatic rings. The molecule has 0 bridgehead atoms. The van der Waals surface area contributed by atoms with Crippen molar-refractivity contribution >= 4 is 27.3 Å². The van der Waals surface area contributed by atoms with Crippen molar-refractivity contribution in [3.8, 4) is 23.0 Å². The molecular weight excluding hydrogens is 508 g/mol. The van der Waals surface area contributed by atoms with Crippen molar-refractivity contribution in [1.29, 1.82) is 0 Å². The zero-order valence-corrected chi connectivity index (χ0v) is 23.1. The molecule has 10 heteroatoms. The third-order valence-corrected chi connectivity index (χ3v) is 7.70. The number of methoxy groups -OCH3 is 4. The molecule has 0 aliphatic carbocycles. The summed E-state index contributed by atoms with van der Waals surface area (Å²) in [6.07, 6.45) is 3.13. The highest BCUT2D eigenvalue weighted by molar-refractivity contribution is 7.92. The summed E-state index contributed by atoms with van der Waals surface area (Å²) in [7, 11) is 1.49. The molecule has 0 atom stereocenters. The van der Waals surface area contributed by atoms with Crippen LogP contribution in [0.25, 0.3) is 0 Å². The molecule has 204 valence electrons. The second kappa shape index (κ2) is 13.0. The van der Waals surface area contributed by atoms with Crippen LogP contribution in [0.5, 0.6) is 23.0 Å². The summed E-state index contributed by atoms with van der Waals surface area (Å²) in [6.45, 7) is 1.62. The lowest BCUT2D eigenvalue weighted by molar-refractivity contribution is -0.114. The van der Waals surface area contributed by atoms with Crippen molar-refractivity contribution in [3.63, 3.8) is 0 Å². The highest BCUT2D eigenvalue weighted by Gasteiger charge is 2.31. The van der Waals surface area contributed by atoms with Crippen LogP contribution in [0.15, 0.2) is 65.6 Å². The number of nitrogens with one attached hydrogen (secondary N) is 1. The lowest BCUT2D eigenvalue weighted by Crippen LogP contribution is -2.38. The topological polar surface area (TPSA) is 103 Å². The number of nitrogens with zero attached hydrogens (tertiary/aromatic N) is 1. The number of ether oxygens (including phenoxy) is 4. The van der Waals surface area contributed by atoms with E-state index in [4.69, 9.17) is 18.9 Å². The van der Waals surface area contributed by atoms with Crippen LogP contribution in [-0.4, -0.2) is 49.3 Å². The number of unbranched alkanes of at least 4 members (excludes halogenated alkanes) is 1. The van der Waals surface area contributed by atoms with E-state index in [1.807, 2.05) is 24.3 Å². The molecule has 0 aromatic heterocycles. The first-order valence-electron chi connectivity index (χ1n) is 12.1. The van der Waals surface area contributed by atoms with Crippen LogP contribution in [0.1, 0.15) is 25.3 Å². The molecule has 0 radical (unpaired) electrons. The van der Waals surface area contributed by atoms with Crippen LogP contribution in [0.3, 0.4) is 0 Å². The van der Waals surface area contributed by atoms with Crippen LogP contribution in [0.4, 0.5) is 11.4 Å². The number of hydrogen-bond donors (Lipinski definition) is 1. The van der Waals surface area contributed by atoms with Gasteiger partial charge in [0.2, 0.25) is 5.91 Å². The fraction of sp³-hybridized carbons (Fsp3) is 0.321. The van der Waals surface area contributed by atoms with Gasteiger partial charge < -0.3 is 24.3 Å². The van der Waals surface area contributed by atoms with E-state index in [1.165, 1.54) is 58.3 Å². The summed E-state index contributed by atoms with van der Waals surface area (Å²) in [5.41, 5.74) is 1.88. The van der Waals surface area contributed by atoms with Crippen LogP contribution >= 0.6 is 0 Å². The minimum atomic E-state index is -4.27. The maximum Gasteiger partial charge on any atom is 0.265 e. The summed E-state index contributed by atoms with van der Waals surface area (Å²) in [5.74, 6) is 0.732. The predicted molar refractivity (Wildman–Crippen MR) is 147 cm³/mol. The Balaban J connectivity index is 2.00. The average Bonchev–Trinajstić information content (AvgIpc) is 2.94. The van der Waals surface area contributed by atoms with E-state index in [-0.39, 0.29) is 22.1 Å². The molecule has 1 N–H and O–H groups in total. The molecule has 0 aliphatic heterocycles. The van der Waals surface area contributed by atoms with Gasteiger partial charge in [-0.25, -0.2) is 8.42 Å².